The number of hydrogen-bond acceptors (Lipinski definition) is 4. The molecule has 2 rings (SSSR count). The first-order valence-electron chi connectivity index (χ1n) is 5.79. The summed E-state index contributed by atoms with van der Waals surface area (Å²) >= 11 is 1.07. The van der Waals surface area contributed by atoms with E-state index in [1.807, 2.05) is 0 Å². The predicted octanol–water partition coefficient (Wildman–Crippen LogP) is 3.08. The monoisotopic (exact) mass is 326 g/mol. The molecule has 0 aliphatic carbocycles. The lowest BCUT2D eigenvalue weighted by Crippen LogP contribution is -2.01. The van der Waals surface area contributed by atoms with Gasteiger partial charge in [-0.05, 0) is 30.3 Å². The first kappa shape index (κ1) is 15.5. The quantitative estimate of drug-likeness (QED) is 0.935. The van der Waals surface area contributed by atoms with Gasteiger partial charge in [-0.3, -0.25) is 0 Å². The smallest absolute Gasteiger partial charge is 0.338 e. The number of carbonyl (C=O) groups is 1. The van der Waals surface area contributed by atoms with Crippen LogP contribution >= 0.6 is 11.8 Å². The molecule has 0 amide bonds. The Morgan fingerprint density at radius 2 is 1.86 bits per heavy atom. The minimum absolute atomic E-state index is 0.149. The van der Waals surface area contributed by atoms with Crippen LogP contribution in [-0.2, 0) is 9.84 Å². The Hall–Kier alpha value is -1.86. The van der Waals surface area contributed by atoms with Gasteiger partial charge < -0.3 is 5.11 Å². The number of aromatic carboxylic acids is 1. The molecule has 0 aliphatic heterocycles. The lowest BCUT2D eigenvalue weighted by Gasteiger charge is -2.08. The molecule has 0 saturated heterocycles. The van der Waals surface area contributed by atoms with Gasteiger partial charge in [0.25, 0.3) is 0 Å². The van der Waals surface area contributed by atoms with Crippen molar-refractivity contribution in [3.05, 3.63) is 53.8 Å². The molecule has 2 aromatic carbocycles. The molecule has 0 aromatic heterocycles. The molecule has 110 valence electrons. The Labute approximate surface area is 125 Å². The van der Waals surface area contributed by atoms with E-state index in [2.05, 4.69) is 0 Å². The van der Waals surface area contributed by atoms with Gasteiger partial charge in [0.15, 0.2) is 9.84 Å². The van der Waals surface area contributed by atoms with Crippen LogP contribution in [0.25, 0.3) is 0 Å². The predicted molar refractivity (Wildman–Crippen MR) is 77.0 cm³/mol. The molecule has 7 heteroatoms. The molecule has 0 bridgehead atoms. The molecule has 0 atom stereocenters. The van der Waals surface area contributed by atoms with E-state index in [0.717, 1.165) is 24.1 Å². The van der Waals surface area contributed by atoms with Crippen LogP contribution in [0.3, 0.4) is 0 Å². The van der Waals surface area contributed by atoms with E-state index in [4.69, 9.17) is 5.11 Å². The first-order valence-corrected chi connectivity index (χ1v) is 8.49. The highest BCUT2D eigenvalue weighted by Gasteiger charge is 2.15. The molecular weight excluding hydrogens is 315 g/mol. The number of carboxylic acids is 1. The van der Waals surface area contributed by atoms with Crippen LogP contribution < -0.4 is 0 Å². The zero-order chi connectivity index (χ0) is 15.6. The normalized spacial score (nSPS) is 11.3. The molecule has 0 spiro atoms. The Bertz CT molecular complexity index is 800. The van der Waals surface area contributed by atoms with Crippen LogP contribution in [0.1, 0.15) is 10.4 Å². The lowest BCUT2D eigenvalue weighted by molar-refractivity contribution is 0.0691. The van der Waals surface area contributed by atoms with Crippen molar-refractivity contribution < 1.29 is 22.7 Å². The van der Waals surface area contributed by atoms with Crippen molar-refractivity contribution in [3.63, 3.8) is 0 Å². The standard InChI is InChI=1S/C14H11FO4S2/c1-21(18,19)13-5-3-2-4-12(13)20-9-6-7-11(15)10(8-9)14(16)17/h2-8H,1H3,(H,16,17). The summed E-state index contributed by atoms with van der Waals surface area (Å²) in [6.45, 7) is 0. The van der Waals surface area contributed by atoms with E-state index in [-0.39, 0.29) is 4.90 Å². The molecule has 0 saturated carbocycles. The van der Waals surface area contributed by atoms with Crippen molar-refractivity contribution in [1.82, 2.24) is 0 Å². The summed E-state index contributed by atoms with van der Waals surface area (Å²) < 4.78 is 36.8. The molecule has 1 N–H and O–H groups in total. The van der Waals surface area contributed by atoms with E-state index >= 15 is 0 Å². The van der Waals surface area contributed by atoms with Gasteiger partial charge in [-0.1, -0.05) is 23.9 Å². The molecule has 0 radical (unpaired) electrons. The second-order valence-electron chi connectivity index (χ2n) is 4.27. The van der Waals surface area contributed by atoms with E-state index < -0.39 is 27.2 Å². The first-order chi connectivity index (χ1) is 9.79. The molecule has 0 aliphatic rings. The van der Waals surface area contributed by atoms with Gasteiger partial charge in [0, 0.05) is 16.0 Å². The van der Waals surface area contributed by atoms with Crippen molar-refractivity contribution >= 4 is 27.6 Å². The summed E-state index contributed by atoms with van der Waals surface area (Å²) in [4.78, 5) is 12.0. The Morgan fingerprint density at radius 1 is 1.19 bits per heavy atom. The Morgan fingerprint density at radius 3 is 2.48 bits per heavy atom. The molecule has 2 aromatic rings. The Kier molecular flexibility index (Phi) is 4.34. The van der Waals surface area contributed by atoms with E-state index in [0.29, 0.717) is 9.79 Å². The zero-order valence-electron chi connectivity index (χ0n) is 10.9. The summed E-state index contributed by atoms with van der Waals surface area (Å²) in [5.41, 5.74) is -0.447. The minimum atomic E-state index is -3.40. The highest BCUT2D eigenvalue weighted by molar-refractivity contribution is 8.00. The number of hydrogen-bond donors (Lipinski definition) is 1. The van der Waals surface area contributed by atoms with Gasteiger partial charge in [0.05, 0.1) is 10.5 Å². The van der Waals surface area contributed by atoms with E-state index in [9.17, 15) is 17.6 Å². The second-order valence-corrected chi connectivity index (χ2v) is 7.37. The average molecular weight is 326 g/mol. The number of halogens is 1. The Balaban J connectivity index is 2.45. The van der Waals surface area contributed by atoms with Crippen molar-refractivity contribution in [2.75, 3.05) is 6.26 Å². The van der Waals surface area contributed by atoms with Gasteiger partial charge in [-0.2, -0.15) is 0 Å². The number of carboxylic acid groups (broad SMARTS) is 1. The van der Waals surface area contributed by atoms with Crippen molar-refractivity contribution in [1.29, 1.82) is 0 Å². The maximum absolute atomic E-state index is 13.3. The van der Waals surface area contributed by atoms with Gasteiger partial charge in [-0.25, -0.2) is 17.6 Å². The largest absolute Gasteiger partial charge is 0.478 e. The summed E-state index contributed by atoms with van der Waals surface area (Å²) in [5.74, 6) is -2.20. The van der Waals surface area contributed by atoms with Crippen molar-refractivity contribution in [3.8, 4) is 0 Å². The van der Waals surface area contributed by atoms with Crippen molar-refractivity contribution in [2.24, 2.45) is 0 Å². The van der Waals surface area contributed by atoms with Gasteiger partial charge in [0.2, 0.25) is 0 Å². The molecule has 0 unspecified atom stereocenters. The van der Waals surface area contributed by atoms with E-state index in [1.54, 1.807) is 18.2 Å². The average Bonchev–Trinajstić information content (AvgIpc) is 2.40. The number of rotatable bonds is 4. The number of sulfone groups is 1. The van der Waals surface area contributed by atoms with Crippen molar-refractivity contribution in [2.45, 2.75) is 14.7 Å². The second kappa shape index (κ2) is 5.87. The van der Waals surface area contributed by atoms with Crippen LogP contribution in [0.5, 0.6) is 0 Å². The summed E-state index contributed by atoms with van der Waals surface area (Å²) in [6.07, 6.45) is 1.10. The fourth-order valence-electron chi connectivity index (χ4n) is 1.70. The van der Waals surface area contributed by atoms with Crippen LogP contribution in [0.4, 0.5) is 4.39 Å². The van der Waals surface area contributed by atoms with Crippen LogP contribution in [0, 0.1) is 5.82 Å². The maximum Gasteiger partial charge on any atom is 0.338 e. The lowest BCUT2D eigenvalue weighted by atomic mass is 10.2. The minimum Gasteiger partial charge on any atom is -0.478 e. The van der Waals surface area contributed by atoms with Gasteiger partial charge >= 0.3 is 5.97 Å². The number of benzene rings is 2. The summed E-state index contributed by atoms with van der Waals surface area (Å²) in [6, 6.07) is 10.0. The van der Waals surface area contributed by atoms with Crippen LogP contribution in [-0.4, -0.2) is 25.7 Å². The summed E-state index contributed by atoms with van der Waals surface area (Å²) in [5, 5.41) is 8.89. The highest BCUT2D eigenvalue weighted by atomic mass is 32.2. The topological polar surface area (TPSA) is 71.4 Å². The van der Waals surface area contributed by atoms with Crippen LogP contribution in [0.2, 0.25) is 0 Å². The maximum atomic E-state index is 13.3. The van der Waals surface area contributed by atoms with Gasteiger partial charge in [-0.15, -0.1) is 0 Å². The zero-order valence-corrected chi connectivity index (χ0v) is 12.5. The fourth-order valence-corrected chi connectivity index (χ4v) is 3.92. The summed E-state index contributed by atoms with van der Waals surface area (Å²) in [7, 11) is -3.40. The van der Waals surface area contributed by atoms with Gasteiger partial charge in [0.1, 0.15) is 5.82 Å². The highest BCUT2D eigenvalue weighted by Crippen LogP contribution is 2.33. The molecule has 0 heterocycles. The third kappa shape index (κ3) is 3.62. The fraction of sp³-hybridized carbons (Fsp3) is 0.0714. The molecule has 21 heavy (non-hydrogen) atoms. The third-order valence-electron chi connectivity index (χ3n) is 2.64. The SMILES string of the molecule is CS(=O)(=O)c1ccccc1Sc1ccc(F)c(C(=O)O)c1. The van der Waals surface area contributed by atoms with E-state index in [1.165, 1.54) is 18.2 Å². The molecule has 0 fully saturated rings. The molecular formula is C14H11FO4S2. The van der Waals surface area contributed by atoms with Crippen LogP contribution in [0.15, 0.2) is 57.2 Å². The third-order valence-corrected chi connectivity index (χ3v) is 4.99. The molecule has 4 nitrogen and oxygen atoms in total.